The van der Waals surface area contributed by atoms with E-state index in [0.717, 1.165) is 22.4 Å². The summed E-state index contributed by atoms with van der Waals surface area (Å²) in [5.74, 6) is 0.248. The summed E-state index contributed by atoms with van der Waals surface area (Å²) in [5.41, 5.74) is 3.55. The van der Waals surface area contributed by atoms with Gasteiger partial charge >= 0.3 is 0 Å². The van der Waals surface area contributed by atoms with Crippen molar-refractivity contribution in [2.75, 3.05) is 6.54 Å². The predicted octanol–water partition coefficient (Wildman–Crippen LogP) is 5.26. The van der Waals surface area contributed by atoms with Crippen molar-refractivity contribution in [3.63, 3.8) is 0 Å². The molecule has 32 heavy (non-hydrogen) atoms. The van der Waals surface area contributed by atoms with Gasteiger partial charge in [-0.1, -0.05) is 61.5 Å². The molecular formula is C26H24FN3O2. The van der Waals surface area contributed by atoms with Gasteiger partial charge in [0.05, 0.1) is 0 Å². The van der Waals surface area contributed by atoms with Crippen molar-refractivity contribution in [3.05, 3.63) is 108 Å². The smallest absolute Gasteiger partial charge is 0.271 e. The summed E-state index contributed by atoms with van der Waals surface area (Å²) in [4.78, 5) is 12.4. The highest BCUT2D eigenvalue weighted by Crippen LogP contribution is 2.22. The summed E-state index contributed by atoms with van der Waals surface area (Å²) in [7, 11) is 0. The Bertz CT molecular complexity index is 1160. The van der Waals surface area contributed by atoms with Crippen LogP contribution in [0, 0.1) is 5.82 Å². The fourth-order valence-electron chi connectivity index (χ4n) is 3.32. The molecule has 0 aliphatic heterocycles. The number of nitrogens with one attached hydrogen (secondary N) is 1. The van der Waals surface area contributed by atoms with Crippen LogP contribution in [0.3, 0.4) is 0 Å². The number of carbonyl (C=O) groups is 1. The van der Waals surface area contributed by atoms with Crippen LogP contribution in [0.15, 0.2) is 91.1 Å². The first-order chi connectivity index (χ1) is 15.6. The van der Waals surface area contributed by atoms with Gasteiger partial charge in [-0.25, -0.2) is 9.07 Å². The Morgan fingerprint density at radius 1 is 0.969 bits per heavy atom. The summed E-state index contributed by atoms with van der Waals surface area (Å²) in [6.07, 6.45) is 1.71. The van der Waals surface area contributed by atoms with Gasteiger partial charge in [-0.05, 0) is 52.9 Å². The Balaban J connectivity index is 1.28. The van der Waals surface area contributed by atoms with E-state index in [4.69, 9.17) is 4.74 Å². The van der Waals surface area contributed by atoms with Crippen LogP contribution in [0.25, 0.3) is 11.1 Å². The molecule has 0 aliphatic carbocycles. The molecule has 162 valence electrons. The zero-order valence-corrected chi connectivity index (χ0v) is 17.7. The third-order valence-corrected chi connectivity index (χ3v) is 5.21. The van der Waals surface area contributed by atoms with E-state index in [-0.39, 0.29) is 24.4 Å². The molecule has 4 rings (SSSR count). The van der Waals surface area contributed by atoms with Gasteiger partial charge < -0.3 is 10.1 Å². The summed E-state index contributed by atoms with van der Waals surface area (Å²) >= 11 is 0. The highest BCUT2D eigenvalue weighted by molar-refractivity contribution is 5.92. The standard InChI is InChI=1S/C26H24FN3O2/c1-19(20-7-11-23(27)12-8-20)17-28-26(31)25-15-16-30(29-25)18-32-24-13-9-22(10-14-24)21-5-3-2-4-6-21/h2-16,19H,17-18H2,1H3,(H,28,31). The van der Waals surface area contributed by atoms with Gasteiger partial charge in [-0.15, -0.1) is 0 Å². The summed E-state index contributed by atoms with van der Waals surface area (Å²) in [5, 5.41) is 7.15. The number of benzene rings is 3. The summed E-state index contributed by atoms with van der Waals surface area (Å²) in [6.45, 7) is 2.61. The molecule has 0 radical (unpaired) electrons. The van der Waals surface area contributed by atoms with Crippen LogP contribution in [0.5, 0.6) is 5.75 Å². The van der Waals surface area contributed by atoms with Gasteiger partial charge in [0.25, 0.3) is 5.91 Å². The van der Waals surface area contributed by atoms with Crippen molar-refractivity contribution >= 4 is 5.91 Å². The lowest BCUT2D eigenvalue weighted by Crippen LogP contribution is -2.28. The number of ether oxygens (including phenoxy) is 1. The molecule has 1 N–H and O–H groups in total. The number of rotatable bonds is 8. The van der Waals surface area contributed by atoms with E-state index in [2.05, 4.69) is 22.5 Å². The van der Waals surface area contributed by atoms with Crippen molar-refractivity contribution in [3.8, 4) is 16.9 Å². The second kappa shape index (κ2) is 9.92. The fraction of sp³-hybridized carbons (Fsp3) is 0.154. The van der Waals surface area contributed by atoms with Gasteiger partial charge in [0, 0.05) is 12.7 Å². The Morgan fingerprint density at radius 3 is 2.38 bits per heavy atom. The zero-order chi connectivity index (χ0) is 22.3. The van der Waals surface area contributed by atoms with Gasteiger partial charge in [0.1, 0.15) is 17.3 Å². The number of aromatic nitrogens is 2. The van der Waals surface area contributed by atoms with Crippen LogP contribution >= 0.6 is 0 Å². The SMILES string of the molecule is CC(CNC(=O)c1ccn(COc2ccc(-c3ccccc3)cc2)n1)c1ccc(F)cc1. The van der Waals surface area contributed by atoms with Crippen LogP contribution in [-0.4, -0.2) is 22.2 Å². The minimum atomic E-state index is -0.273. The molecule has 0 aliphatic rings. The number of halogens is 1. The highest BCUT2D eigenvalue weighted by atomic mass is 19.1. The number of hydrogen-bond acceptors (Lipinski definition) is 3. The molecule has 1 atom stereocenters. The molecule has 1 aromatic heterocycles. The van der Waals surface area contributed by atoms with E-state index < -0.39 is 0 Å². The van der Waals surface area contributed by atoms with Crippen LogP contribution in [0.2, 0.25) is 0 Å². The van der Waals surface area contributed by atoms with Crippen molar-refractivity contribution in [1.82, 2.24) is 15.1 Å². The van der Waals surface area contributed by atoms with E-state index in [9.17, 15) is 9.18 Å². The average Bonchev–Trinajstić information content (AvgIpc) is 3.32. The monoisotopic (exact) mass is 429 g/mol. The molecule has 5 nitrogen and oxygen atoms in total. The van der Waals surface area contributed by atoms with Crippen LogP contribution in [-0.2, 0) is 6.73 Å². The molecule has 0 saturated heterocycles. The molecule has 1 amide bonds. The Labute approximate surface area is 186 Å². The lowest BCUT2D eigenvalue weighted by molar-refractivity contribution is 0.0944. The molecule has 3 aromatic carbocycles. The lowest BCUT2D eigenvalue weighted by Gasteiger charge is -2.12. The maximum absolute atomic E-state index is 13.1. The molecule has 0 fully saturated rings. The van der Waals surface area contributed by atoms with Crippen molar-refractivity contribution in [2.24, 2.45) is 0 Å². The molecular weight excluding hydrogens is 405 g/mol. The van der Waals surface area contributed by atoms with Crippen LogP contribution in [0.1, 0.15) is 28.9 Å². The Kier molecular flexibility index (Phi) is 6.60. The number of hydrogen-bond donors (Lipinski definition) is 1. The van der Waals surface area contributed by atoms with Crippen molar-refractivity contribution in [2.45, 2.75) is 19.6 Å². The van der Waals surface area contributed by atoms with Crippen LogP contribution < -0.4 is 10.1 Å². The Hall–Kier alpha value is -3.93. The number of amides is 1. The second-order valence-corrected chi connectivity index (χ2v) is 7.57. The van der Waals surface area contributed by atoms with Gasteiger partial charge in [-0.3, -0.25) is 4.79 Å². The largest absolute Gasteiger partial charge is 0.471 e. The highest BCUT2D eigenvalue weighted by Gasteiger charge is 2.12. The minimum absolute atomic E-state index is 0.0591. The van der Waals surface area contributed by atoms with E-state index in [1.165, 1.54) is 12.1 Å². The predicted molar refractivity (Wildman–Crippen MR) is 122 cm³/mol. The molecule has 1 heterocycles. The first-order valence-electron chi connectivity index (χ1n) is 10.4. The average molecular weight is 429 g/mol. The summed E-state index contributed by atoms with van der Waals surface area (Å²) < 4.78 is 20.4. The lowest BCUT2D eigenvalue weighted by atomic mass is 10.0. The quantitative estimate of drug-likeness (QED) is 0.416. The molecule has 0 spiro atoms. The van der Waals surface area contributed by atoms with Crippen molar-refractivity contribution in [1.29, 1.82) is 0 Å². The maximum Gasteiger partial charge on any atom is 0.271 e. The molecule has 0 saturated carbocycles. The maximum atomic E-state index is 13.1. The van der Waals surface area contributed by atoms with E-state index in [1.54, 1.807) is 29.1 Å². The van der Waals surface area contributed by atoms with E-state index in [0.29, 0.717) is 12.2 Å². The third kappa shape index (κ3) is 5.40. The first kappa shape index (κ1) is 21.3. The number of carbonyl (C=O) groups excluding carboxylic acids is 1. The zero-order valence-electron chi connectivity index (χ0n) is 17.7. The van der Waals surface area contributed by atoms with E-state index in [1.807, 2.05) is 49.4 Å². The molecule has 6 heteroatoms. The molecule has 1 unspecified atom stereocenters. The topological polar surface area (TPSA) is 56.2 Å². The Morgan fingerprint density at radius 2 is 1.66 bits per heavy atom. The van der Waals surface area contributed by atoms with Gasteiger partial charge in [0.2, 0.25) is 0 Å². The summed E-state index contributed by atoms with van der Waals surface area (Å²) in [6, 6.07) is 25.9. The van der Waals surface area contributed by atoms with Gasteiger partial charge in [-0.2, -0.15) is 5.10 Å². The fourth-order valence-corrected chi connectivity index (χ4v) is 3.32. The normalized spacial score (nSPS) is 11.7. The minimum Gasteiger partial charge on any atom is -0.471 e. The van der Waals surface area contributed by atoms with E-state index >= 15 is 0 Å². The number of nitrogens with zero attached hydrogens (tertiary/aromatic N) is 2. The molecule has 4 aromatic rings. The first-order valence-corrected chi connectivity index (χ1v) is 10.4. The van der Waals surface area contributed by atoms with Crippen LogP contribution in [0.4, 0.5) is 4.39 Å². The second-order valence-electron chi connectivity index (χ2n) is 7.57. The van der Waals surface area contributed by atoms with Crippen molar-refractivity contribution < 1.29 is 13.9 Å². The molecule has 0 bridgehead atoms. The third-order valence-electron chi connectivity index (χ3n) is 5.21. The van der Waals surface area contributed by atoms with Gasteiger partial charge in [0.15, 0.2) is 6.73 Å².